The Balaban J connectivity index is 1.50. The number of benzene rings is 1. The van der Waals surface area contributed by atoms with Crippen molar-refractivity contribution in [1.82, 2.24) is 0 Å². The summed E-state index contributed by atoms with van der Waals surface area (Å²) in [5, 5.41) is 0. The average molecular weight is 334 g/mol. The smallest absolute Gasteiger partial charge is 0.162 e. The average Bonchev–Trinajstić information content (AvgIpc) is 2.62. The quantitative estimate of drug-likeness (QED) is 0.499. The second kappa shape index (κ2) is 8.45. The van der Waals surface area contributed by atoms with E-state index in [-0.39, 0.29) is 0 Å². The van der Waals surface area contributed by atoms with Gasteiger partial charge in [0.1, 0.15) is 0 Å². The van der Waals surface area contributed by atoms with Gasteiger partial charge in [0, 0.05) is 0 Å². The highest BCUT2D eigenvalue weighted by Crippen LogP contribution is 2.41. The molecule has 2 aliphatic carbocycles. The minimum Gasteiger partial charge on any atom is -0.204 e. The molecular weight excluding hydrogens is 302 g/mol. The highest BCUT2D eigenvalue weighted by atomic mass is 19.2. The van der Waals surface area contributed by atoms with Crippen LogP contribution in [0.5, 0.6) is 0 Å². The first-order chi connectivity index (χ1) is 11.7. The fourth-order valence-corrected chi connectivity index (χ4v) is 5.00. The predicted molar refractivity (Wildman–Crippen MR) is 96.1 cm³/mol. The first kappa shape index (κ1) is 17.9. The van der Waals surface area contributed by atoms with Gasteiger partial charge in [0.2, 0.25) is 0 Å². The van der Waals surface area contributed by atoms with E-state index in [1.54, 1.807) is 6.07 Å². The molecule has 2 heteroatoms. The monoisotopic (exact) mass is 334 g/mol. The van der Waals surface area contributed by atoms with E-state index < -0.39 is 11.6 Å². The minimum atomic E-state index is -0.676. The summed E-state index contributed by atoms with van der Waals surface area (Å²) in [6.07, 6.45) is 15.0. The SMILES string of the molecule is CCCCCCC1CCC(C2CCc3ccc(F)c(F)c3C2)CC1. The molecule has 0 aromatic heterocycles. The molecule has 134 valence electrons. The van der Waals surface area contributed by atoms with Crippen LogP contribution in [0, 0.1) is 29.4 Å². The molecule has 1 unspecified atom stereocenters. The third kappa shape index (κ3) is 4.18. The van der Waals surface area contributed by atoms with Crippen molar-refractivity contribution in [2.24, 2.45) is 17.8 Å². The van der Waals surface area contributed by atoms with Gasteiger partial charge in [0.15, 0.2) is 11.6 Å². The molecule has 1 fully saturated rings. The molecule has 1 aromatic carbocycles. The Morgan fingerprint density at radius 1 is 0.917 bits per heavy atom. The summed E-state index contributed by atoms with van der Waals surface area (Å²) in [5.74, 6) is 0.956. The lowest BCUT2D eigenvalue weighted by molar-refractivity contribution is 0.181. The molecule has 1 saturated carbocycles. The van der Waals surface area contributed by atoms with Gasteiger partial charge >= 0.3 is 0 Å². The predicted octanol–water partition coefficient (Wildman–Crippen LogP) is 6.85. The van der Waals surface area contributed by atoms with Gasteiger partial charge in [-0.25, -0.2) is 8.78 Å². The summed E-state index contributed by atoms with van der Waals surface area (Å²) in [6, 6.07) is 3.08. The standard InChI is InChI=1S/C22H32F2/c1-2-3-4-5-6-16-7-9-17(10-8-16)19-12-11-18-13-14-21(23)22(24)20(18)15-19/h13-14,16-17,19H,2-12,15H2,1H3. The van der Waals surface area contributed by atoms with Crippen LogP contribution in [0.25, 0.3) is 0 Å². The Labute approximate surface area is 146 Å². The minimum absolute atomic E-state index is 0.565. The van der Waals surface area contributed by atoms with Gasteiger partial charge in [-0.2, -0.15) is 0 Å². The molecule has 2 aliphatic rings. The van der Waals surface area contributed by atoms with E-state index >= 15 is 0 Å². The zero-order chi connectivity index (χ0) is 16.9. The van der Waals surface area contributed by atoms with Crippen molar-refractivity contribution < 1.29 is 8.78 Å². The van der Waals surface area contributed by atoms with E-state index in [0.717, 1.165) is 36.7 Å². The van der Waals surface area contributed by atoms with E-state index in [0.29, 0.717) is 11.5 Å². The van der Waals surface area contributed by atoms with Gasteiger partial charge in [0.05, 0.1) is 0 Å². The molecule has 3 rings (SSSR count). The number of halogens is 2. The van der Waals surface area contributed by atoms with E-state index in [1.807, 2.05) is 0 Å². The van der Waals surface area contributed by atoms with E-state index in [1.165, 1.54) is 63.9 Å². The molecule has 0 heterocycles. The Bertz CT molecular complexity index is 529. The maximum Gasteiger partial charge on any atom is 0.162 e. The maximum absolute atomic E-state index is 14.1. The van der Waals surface area contributed by atoms with E-state index in [2.05, 4.69) is 6.92 Å². The molecule has 0 bridgehead atoms. The second-order valence-corrected chi connectivity index (χ2v) is 8.13. The number of hydrogen-bond acceptors (Lipinski definition) is 0. The van der Waals surface area contributed by atoms with Crippen molar-refractivity contribution in [1.29, 1.82) is 0 Å². The molecule has 0 saturated heterocycles. The third-order valence-electron chi connectivity index (χ3n) is 6.57. The normalized spacial score (nSPS) is 27.0. The molecule has 24 heavy (non-hydrogen) atoms. The number of fused-ring (bicyclic) bond motifs is 1. The van der Waals surface area contributed by atoms with Gasteiger partial charge in [-0.1, -0.05) is 57.9 Å². The summed E-state index contributed by atoms with van der Waals surface area (Å²) in [5.41, 5.74) is 1.71. The van der Waals surface area contributed by atoms with Crippen LogP contribution < -0.4 is 0 Å². The lowest BCUT2D eigenvalue weighted by Gasteiger charge is -2.36. The highest BCUT2D eigenvalue weighted by molar-refractivity contribution is 5.32. The van der Waals surface area contributed by atoms with E-state index in [4.69, 9.17) is 0 Å². The van der Waals surface area contributed by atoms with Crippen molar-refractivity contribution >= 4 is 0 Å². The maximum atomic E-state index is 14.1. The van der Waals surface area contributed by atoms with Crippen LogP contribution in [-0.2, 0) is 12.8 Å². The second-order valence-electron chi connectivity index (χ2n) is 8.13. The van der Waals surface area contributed by atoms with Crippen molar-refractivity contribution in [2.45, 2.75) is 84.0 Å². The molecule has 0 N–H and O–H groups in total. The van der Waals surface area contributed by atoms with Gasteiger partial charge < -0.3 is 0 Å². The third-order valence-corrected chi connectivity index (χ3v) is 6.57. The molecule has 0 amide bonds. The molecule has 0 radical (unpaired) electrons. The van der Waals surface area contributed by atoms with Gasteiger partial charge in [-0.05, 0) is 67.1 Å². The summed E-state index contributed by atoms with van der Waals surface area (Å²) < 4.78 is 27.6. The number of rotatable bonds is 6. The fourth-order valence-electron chi connectivity index (χ4n) is 5.00. The van der Waals surface area contributed by atoms with Crippen molar-refractivity contribution in [3.8, 4) is 0 Å². The summed E-state index contributed by atoms with van der Waals surface area (Å²) in [4.78, 5) is 0. The Morgan fingerprint density at radius 3 is 2.46 bits per heavy atom. The Kier molecular flexibility index (Phi) is 6.30. The van der Waals surface area contributed by atoms with Crippen molar-refractivity contribution in [3.63, 3.8) is 0 Å². The van der Waals surface area contributed by atoms with Crippen molar-refractivity contribution in [3.05, 3.63) is 34.9 Å². The van der Waals surface area contributed by atoms with Gasteiger partial charge in [0.25, 0.3) is 0 Å². The summed E-state index contributed by atoms with van der Waals surface area (Å²) in [7, 11) is 0. The zero-order valence-corrected chi connectivity index (χ0v) is 15.1. The summed E-state index contributed by atoms with van der Waals surface area (Å²) in [6.45, 7) is 2.27. The van der Waals surface area contributed by atoms with Crippen LogP contribution >= 0.6 is 0 Å². The molecule has 0 spiro atoms. The molecule has 1 aromatic rings. The van der Waals surface area contributed by atoms with Crippen LogP contribution in [0.2, 0.25) is 0 Å². The Morgan fingerprint density at radius 2 is 1.71 bits per heavy atom. The molecule has 0 aliphatic heterocycles. The van der Waals surface area contributed by atoms with Crippen LogP contribution in [0.3, 0.4) is 0 Å². The number of unbranched alkanes of at least 4 members (excludes halogenated alkanes) is 3. The zero-order valence-electron chi connectivity index (χ0n) is 15.1. The van der Waals surface area contributed by atoms with Crippen molar-refractivity contribution in [2.75, 3.05) is 0 Å². The number of hydrogen-bond donors (Lipinski definition) is 0. The number of aryl methyl sites for hydroxylation is 1. The lowest BCUT2D eigenvalue weighted by Crippen LogP contribution is -2.27. The largest absolute Gasteiger partial charge is 0.204 e. The topological polar surface area (TPSA) is 0 Å². The molecular formula is C22H32F2. The first-order valence-corrected chi connectivity index (χ1v) is 10.1. The van der Waals surface area contributed by atoms with Gasteiger partial charge in [-0.15, -0.1) is 0 Å². The van der Waals surface area contributed by atoms with Gasteiger partial charge in [-0.3, -0.25) is 0 Å². The van der Waals surface area contributed by atoms with Crippen LogP contribution in [-0.4, -0.2) is 0 Å². The molecule has 1 atom stereocenters. The fraction of sp³-hybridized carbons (Fsp3) is 0.727. The van der Waals surface area contributed by atoms with Crippen LogP contribution in [0.15, 0.2) is 12.1 Å². The van der Waals surface area contributed by atoms with E-state index in [9.17, 15) is 8.78 Å². The van der Waals surface area contributed by atoms with Crippen LogP contribution in [0.4, 0.5) is 8.78 Å². The lowest BCUT2D eigenvalue weighted by atomic mass is 9.69. The Hall–Kier alpha value is -0.920. The molecule has 0 nitrogen and oxygen atoms in total. The first-order valence-electron chi connectivity index (χ1n) is 10.1. The van der Waals surface area contributed by atoms with Crippen LogP contribution in [0.1, 0.15) is 82.3 Å². The highest BCUT2D eigenvalue weighted by Gasteiger charge is 2.31. The summed E-state index contributed by atoms with van der Waals surface area (Å²) >= 11 is 0.